The van der Waals surface area contributed by atoms with Gasteiger partial charge in [0.2, 0.25) is 11.8 Å². The van der Waals surface area contributed by atoms with E-state index in [1.165, 1.54) is 17.4 Å². The van der Waals surface area contributed by atoms with Crippen LogP contribution in [0.5, 0.6) is 0 Å². The van der Waals surface area contributed by atoms with Crippen molar-refractivity contribution in [3.63, 3.8) is 0 Å². The second kappa shape index (κ2) is 8.81. The lowest BCUT2D eigenvalue weighted by molar-refractivity contribution is -0.129. The van der Waals surface area contributed by atoms with E-state index in [1.807, 2.05) is 36.6 Å². The van der Waals surface area contributed by atoms with Gasteiger partial charge < -0.3 is 19.5 Å². The van der Waals surface area contributed by atoms with Crippen molar-refractivity contribution < 1.29 is 14.0 Å². The number of amides is 1. The van der Waals surface area contributed by atoms with Gasteiger partial charge in [0.1, 0.15) is 23.3 Å². The molecule has 33 heavy (non-hydrogen) atoms. The molecule has 1 amide bonds. The smallest absolute Gasteiger partial charge is 0.247 e. The second-order valence-electron chi connectivity index (χ2n) is 8.26. The fourth-order valence-corrected chi connectivity index (χ4v) is 3.55. The van der Waals surface area contributed by atoms with Gasteiger partial charge in [-0.05, 0) is 25.0 Å². The van der Waals surface area contributed by atoms with Crippen LogP contribution in [0.15, 0.2) is 41.4 Å². The first-order valence-electron chi connectivity index (χ1n) is 10.5. The third-order valence-corrected chi connectivity index (χ3v) is 5.34. The van der Waals surface area contributed by atoms with Crippen LogP contribution in [0.4, 0.5) is 5.82 Å². The number of aryl methyl sites for hydroxylation is 1. The van der Waals surface area contributed by atoms with Crippen LogP contribution in [0.3, 0.4) is 0 Å². The van der Waals surface area contributed by atoms with E-state index >= 15 is 0 Å². The van der Waals surface area contributed by atoms with E-state index in [1.54, 1.807) is 20.3 Å². The number of hydrogen-bond donors (Lipinski definition) is 1. The molecule has 1 atom stereocenters. The third-order valence-electron chi connectivity index (χ3n) is 5.34. The largest absolute Gasteiger partial charge is 0.443 e. The van der Waals surface area contributed by atoms with E-state index in [-0.39, 0.29) is 47.9 Å². The number of ketones is 1. The number of nitrogens with two attached hydrogens (primary N) is 1. The van der Waals surface area contributed by atoms with Crippen LogP contribution in [-0.4, -0.2) is 55.0 Å². The topological polar surface area (TPSA) is 133 Å². The van der Waals surface area contributed by atoms with Gasteiger partial charge in [-0.1, -0.05) is 6.92 Å². The maximum absolute atomic E-state index is 13.1. The maximum atomic E-state index is 13.1. The zero-order chi connectivity index (χ0) is 23.7. The number of aromatic nitrogens is 5. The molecule has 10 nitrogen and oxygen atoms in total. The normalized spacial score (nSPS) is 12.1. The number of anilines is 1. The van der Waals surface area contributed by atoms with Crippen molar-refractivity contribution in [1.82, 2.24) is 29.2 Å². The van der Waals surface area contributed by atoms with E-state index in [2.05, 4.69) is 19.9 Å². The Morgan fingerprint density at radius 3 is 2.64 bits per heavy atom. The molecule has 0 radical (unpaired) electrons. The standard InChI is InChI=1S/C23H25N7O3/c1-13(10-18(32)29(3)4)9-16(31)20-22(24)28-21(23-25-7-8-33-23)19(27-20)15-5-6-17-26-11-14(2)30(17)12-15/h5-8,11-13H,9-10H2,1-4H3,(H2,24,28)/t13-/m0/s1. The van der Waals surface area contributed by atoms with Gasteiger partial charge in [-0.25, -0.2) is 19.9 Å². The summed E-state index contributed by atoms with van der Waals surface area (Å²) in [5, 5.41) is 0. The van der Waals surface area contributed by atoms with Gasteiger partial charge >= 0.3 is 0 Å². The van der Waals surface area contributed by atoms with Crippen LogP contribution in [0.2, 0.25) is 0 Å². The molecule has 0 bridgehead atoms. The molecule has 0 spiro atoms. The van der Waals surface area contributed by atoms with Crippen molar-refractivity contribution >= 4 is 23.2 Å². The van der Waals surface area contributed by atoms with Crippen molar-refractivity contribution in [2.75, 3.05) is 19.8 Å². The molecule has 4 heterocycles. The van der Waals surface area contributed by atoms with E-state index in [4.69, 9.17) is 10.2 Å². The number of carbonyl (C=O) groups is 2. The summed E-state index contributed by atoms with van der Waals surface area (Å²) in [6, 6.07) is 3.71. The van der Waals surface area contributed by atoms with Gasteiger partial charge in [0.05, 0.1) is 6.20 Å². The first kappa shape index (κ1) is 22.1. The molecule has 0 unspecified atom stereocenters. The third kappa shape index (κ3) is 4.45. The Bertz CT molecular complexity index is 1330. The van der Waals surface area contributed by atoms with Gasteiger partial charge in [-0.3, -0.25) is 9.59 Å². The average Bonchev–Trinajstić information content (AvgIpc) is 3.43. The summed E-state index contributed by atoms with van der Waals surface area (Å²) >= 11 is 0. The number of carbonyl (C=O) groups excluding carboxylic acids is 2. The first-order valence-corrected chi connectivity index (χ1v) is 10.5. The van der Waals surface area contributed by atoms with E-state index in [0.717, 1.165) is 11.3 Å². The zero-order valence-corrected chi connectivity index (χ0v) is 18.9. The van der Waals surface area contributed by atoms with Gasteiger partial charge in [-0.2, -0.15) is 0 Å². The SMILES string of the molecule is Cc1cnc2ccc(-c3nc(C(=O)C[C@H](C)CC(=O)N(C)C)c(N)nc3-c3ncco3)cn12. The molecule has 10 heteroatoms. The predicted octanol–water partition coefficient (Wildman–Crippen LogP) is 3.02. The highest BCUT2D eigenvalue weighted by Gasteiger charge is 2.24. The molecule has 0 saturated heterocycles. The molecule has 0 fully saturated rings. The van der Waals surface area contributed by atoms with Crippen LogP contribution in [0.1, 0.15) is 35.9 Å². The van der Waals surface area contributed by atoms with Crippen molar-refractivity contribution in [2.24, 2.45) is 5.92 Å². The Balaban J connectivity index is 1.76. The first-order chi connectivity index (χ1) is 15.7. The number of imidazole rings is 1. The number of fused-ring (bicyclic) bond motifs is 1. The number of oxazole rings is 1. The predicted molar refractivity (Wildman–Crippen MR) is 122 cm³/mol. The molecule has 0 saturated carbocycles. The fraction of sp³-hybridized carbons (Fsp3) is 0.304. The van der Waals surface area contributed by atoms with Gasteiger partial charge in [0, 0.05) is 50.6 Å². The van der Waals surface area contributed by atoms with Crippen LogP contribution in [0, 0.1) is 12.8 Å². The molecule has 4 aromatic rings. The minimum Gasteiger partial charge on any atom is -0.443 e. The van der Waals surface area contributed by atoms with Crippen LogP contribution in [0.25, 0.3) is 28.5 Å². The Morgan fingerprint density at radius 2 is 1.94 bits per heavy atom. The number of nitrogen functional groups attached to an aromatic ring is 1. The Hall–Kier alpha value is -4.08. The lowest BCUT2D eigenvalue weighted by Gasteiger charge is -2.15. The summed E-state index contributed by atoms with van der Waals surface area (Å²) in [4.78, 5) is 44.2. The van der Waals surface area contributed by atoms with Crippen LogP contribution < -0.4 is 5.73 Å². The quantitative estimate of drug-likeness (QED) is 0.428. The highest BCUT2D eigenvalue weighted by atomic mass is 16.3. The highest BCUT2D eigenvalue weighted by Crippen LogP contribution is 2.31. The molecule has 0 aromatic carbocycles. The van der Waals surface area contributed by atoms with Crippen molar-refractivity contribution in [3.8, 4) is 22.8 Å². The van der Waals surface area contributed by atoms with Crippen LogP contribution >= 0.6 is 0 Å². The lowest BCUT2D eigenvalue weighted by atomic mass is 9.98. The Morgan fingerprint density at radius 1 is 1.15 bits per heavy atom. The zero-order valence-electron chi connectivity index (χ0n) is 18.9. The minimum atomic E-state index is -0.279. The maximum Gasteiger partial charge on any atom is 0.247 e. The van der Waals surface area contributed by atoms with Crippen molar-refractivity contribution in [1.29, 1.82) is 0 Å². The van der Waals surface area contributed by atoms with Gasteiger partial charge in [0.15, 0.2) is 17.3 Å². The molecule has 170 valence electrons. The summed E-state index contributed by atoms with van der Waals surface area (Å²) in [5.41, 5.74) is 9.40. The summed E-state index contributed by atoms with van der Waals surface area (Å²) < 4.78 is 7.37. The monoisotopic (exact) mass is 447 g/mol. The number of pyridine rings is 1. The van der Waals surface area contributed by atoms with Crippen molar-refractivity contribution in [3.05, 3.63) is 48.4 Å². The average molecular weight is 447 g/mol. The van der Waals surface area contributed by atoms with Crippen molar-refractivity contribution in [2.45, 2.75) is 26.7 Å². The number of rotatable bonds is 7. The summed E-state index contributed by atoms with van der Waals surface area (Å²) in [6.07, 6.45) is 6.95. The molecular formula is C23H25N7O3. The second-order valence-corrected chi connectivity index (χ2v) is 8.26. The number of Topliss-reactive ketones (excluding diaryl/α,β-unsaturated/α-hetero) is 1. The number of hydrogen-bond acceptors (Lipinski definition) is 8. The summed E-state index contributed by atoms with van der Waals surface area (Å²) in [5.74, 6) is -0.260. The molecule has 0 aliphatic heterocycles. The van der Waals surface area contributed by atoms with E-state index < -0.39 is 0 Å². The molecular weight excluding hydrogens is 422 g/mol. The Kier molecular flexibility index (Phi) is 5.91. The lowest BCUT2D eigenvalue weighted by Crippen LogP contribution is -2.24. The van der Waals surface area contributed by atoms with Gasteiger partial charge in [0.25, 0.3) is 0 Å². The summed E-state index contributed by atoms with van der Waals surface area (Å²) in [7, 11) is 3.37. The molecule has 0 aliphatic carbocycles. The summed E-state index contributed by atoms with van der Waals surface area (Å²) in [6.45, 7) is 3.79. The van der Waals surface area contributed by atoms with E-state index in [9.17, 15) is 9.59 Å². The minimum absolute atomic E-state index is 0.0111. The van der Waals surface area contributed by atoms with Gasteiger partial charge in [-0.15, -0.1) is 0 Å². The molecule has 4 aromatic heterocycles. The molecule has 2 N–H and O–H groups in total. The molecule has 0 aliphatic rings. The van der Waals surface area contributed by atoms with E-state index in [0.29, 0.717) is 17.0 Å². The molecule has 4 rings (SSSR count). The van der Waals surface area contributed by atoms with Crippen LogP contribution in [-0.2, 0) is 4.79 Å². The fourth-order valence-electron chi connectivity index (χ4n) is 3.55. The number of nitrogens with zero attached hydrogens (tertiary/aromatic N) is 6. The highest BCUT2D eigenvalue weighted by molar-refractivity contribution is 5.99. The Labute approximate surface area is 190 Å².